The number of carbonyl (C=O) groups excluding carboxylic acids is 3. The van der Waals surface area contributed by atoms with E-state index in [0.29, 0.717) is 29.2 Å². The van der Waals surface area contributed by atoms with Gasteiger partial charge in [-0.05, 0) is 110 Å². The van der Waals surface area contributed by atoms with Crippen LogP contribution in [-0.4, -0.2) is 55.7 Å². The molecule has 252 valence electrons. The molecule has 10 nitrogen and oxygen atoms in total. The molecule has 4 amide bonds. The standard InChI is InChI=1S/C38H44N4O6/c1-41(31-10-3-2-4-11-31)35(44)25-48-33-13-6-5-12-32(33)42(15-14-38-21-27-16-28(22-38)18-29(17-27)23-38)34(43)24-39-37(47)40-30-9-7-8-26(19-30)20-36(45)46/h2-13,19,27-29H,14-18,20-25H2,1H3,(H,45,46)(H2,39,40,47). The van der Waals surface area contributed by atoms with Gasteiger partial charge in [-0.1, -0.05) is 42.5 Å². The number of hydrogen-bond acceptors (Lipinski definition) is 5. The highest BCUT2D eigenvalue weighted by atomic mass is 16.5. The average Bonchev–Trinajstić information content (AvgIpc) is 3.06. The average molecular weight is 653 g/mol. The van der Waals surface area contributed by atoms with Gasteiger partial charge in [0.1, 0.15) is 5.75 Å². The molecule has 0 unspecified atom stereocenters. The van der Waals surface area contributed by atoms with E-state index in [1.165, 1.54) is 38.5 Å². The highest BCUT2D eigenvalue weighted by Crippen LogP contribution is 2.61. The summed E-state index contributed by atoms with van der Waals surface area (Å²) in [5.74, 6) is 1.28. The normalized spacial score (nSPS) is 22.1. The summed E-state index contributed by atoms with van der Waals surface area (Å²) in [5.41, 5.74) is 2.53. The van der Waals surface area contributed by atoms with Crippen LogP contribution < -0.4 is 25.2 Å². The van der Waals surface area contributed by atoms with Crippen molar-refractivity contribution in [3.8, 4) is 5.75 Å². The van der Waals surface area contributed by atoms with Gasteiger partial charge < -0.3 is 30.3 Å². The highest BCUT2D eigenvalue weighted by Gasteiger charge is 2.50. The van der Waals surface area contributed by atoms with Gasteiger partial charge in [0.05, 0.1) is 18.7 Å². The molecule has 0 atom stereocenters. The lowest BCUT2D eigenvalue weighted by Crippen LogP contribution is -2.48. The largest absolute Gasteiger partial charge is 0.482 e. The van der Waals surface area contributed by atoms with E-state index in [-0.39, 0.29) is 36.8 Å². The number of nitrogens with zero attached hydrogens (tertiary/aromatic N) is 2. The van der Waals surface area contributed by atoms with Crippen LogP contribution in [0.15, 0.2) is 78.9 Å². The van der Waals surface area contributed by atoms with Gasteiger partial charge in [-0.2, -0.15) is 0 Å². The molecule has 4 aliphatic carbocycles. The number of likely N-dealkylation sites (N-methyl/N-ethyl adjacent to an activating group) is 1. The van der Waals surface area contributed by atoms with Gasteiger partial charge in [0.2, 0.25) is 5.91 Å². The van der Waals surface area contributed by atoms with E-state index in [4.69, 9.17) is 9.84 Å². The fourth-order valence-corrected chi connectivity index (χ4v) is 8.52. The van der Waals surface area contributed by atoms with Crippen LogP contribution in [0.4, 0.5) is 21.9 Å². The first-order valence-electron chi connectivity index (χ1n) is 16.9. The molecule has 4 aliphatic rings. The fraction of sp³-hybridized carbons (Fsp3) is 0.421. The number of ether oxygens (including phenoxy) is 1. The van der Waals surface area contributed by atoms with Gasteiger partial charge in [0.25, 0.3) is 5.91 Å². The van der Waals surface area contributed by atoms with Crippen LogP contribution in [0.3, 0.4) is 0 Å². The molecule has 3 N–H and O–H groups in total. The Balaban J connectivity index is 1.16. The summed E-state index contributed by atoms with van der Waals surface area (Å²) in [7, 11) is 1.70. The minimum Gasteiger partial charge on any atom is -0.482 e. The first-order chi connectivity index (χ1) is 23.2. The maximum absolute atomic E-state index is 14.0. The molecule has 4 fully saturated rings. The lowest BCUT2D eigenvalue weighted by Gasteiger charge is -2.57. The molecule has 3 aromatic rings. The van der Waals surface area contributed by atoms with Crippen molar-refractivity contribution < 1.29 is 29.0 Å². The first kappa shape index (κ1) is 33.1. The molecule has 3 aromatic carbocycles. The SMILES string of the molecule is CN(C(=O)COc1ccccc1N(CCC12CC3CC(CC(C3)C1)C2)C(=O)CNC(=O)Nc1cccc(CC(=O)O)c1)c1ccccc1. The van der Waals surface area contributed by atoms with E-state index in [9.17, 15) is 19.2 Å². The quantitative estimate of drug-likeness (QED) is 0.204. The second-order valence-electron chi connectivity index (χ2n) is 13.8. The Morgan fingerprint density at radius 2 is 1.52 bits per heavy atom. The van der Waals surface area contributed by atoms with Gasteiger partial charge in [-0.15, -0.1) is 0 Å². The number of rotatable bonds is 13. The Kier molecular flexibility index (Phi) is 9.98. The Hall–Kier alpha value is -4.86. The smallest absolute Gasteiger partial charge is 0.319 e. The number of carbonyl (C=O) groups is 4. The molecule has 10 heteroatoms. The predicted molar refractivity (Wildman–Crippen MR) is 184 cm³/mol. The van der Waals surface area contributed by atoms with Crippen LogP contribution in [0, 0.1) is 23.2 Å². The predicted octanol–water partition coefficient (Wildman–Crippen LogP) is 6.12. The van der Waals surface area contributed by atoms with Gasteiger partial charge in [-0.25, -0.2) is 4.79 Å². The van der Waals surface area contributed by atoms with E-state index in [2.05, 4.69) is 10.6 Å². The molecule has 0 aromatic heterocycles. The van der Waals surface area contributed by atoms with Crippen molar-refractivity contribution in [3.05, 3.63) is 84.4 Å². The molecule has 0 radical (unpaired) electrons. The van der Waals surface area contributed by atoms with Crippen LogP contribution >= 0.6 is 0 Å². The van der Waals surface area contributed by atoms with Crippen molar-refractivity contribution >= 4 is 40.9 Å². The van der Waals surface area contributed by atoms with Crippen LogP contribution in [0.25, 0.3) is 0 Å². The van der Waals surface area contributed by atoms with Crippen molar-refractivity contribution in [1.82, 2.24) is 5.32 Å². The summed E-state index contributed by atoms with van der Waals surface area (Å²) in [6.07, 6.45) is 8.34. The second-order valence-corrected chi connectivity index (χ2v) is 13.8. The van der Waals surface area contributed by atoms with Crippen LogP contribution in [-0.2, 0) is 20.8 Å². The highest BCUT2D eigenvalue weighted by molar-refractivity contribution is 5.99. The molecule has 0 spiro atoms. The number of carboxylic acids is 1. The lowest BCUT2D eigenvalue weighted by molar-refractivity contribution is -0.136. The van der Waals surface area contributed by atoms with Crippen molar-refractivity contribution in [2.45, 2.75) is 51.4 Å². The Labute approximate surface area is 281 Å². The van der Waals surface area contributed by atoms with Gasteiger partial charge in [0, 0.05) is 25.0 Å². The molecular weight excluding hydrogens is 608 g/mol. The van der Waals surface area contributed by atoms with Crippen molar-refractivity contribution in [3.63, 3.8) is 0 Å². The molecular formula is C38H44N4O6. The van der Waals surface area contributed by atoms with E-state index in [1.807, 2.05) is 48.5 Å². The monoisotopic (exact) mass is 652 g/mol. The number of benzene rings is 3. The van der Waals surface area contributed by atoms with E-state index in [0.717, 1.165) is 29.9 Å². The van der Waals surface area contributed by atoms with E-state index < -0.39 is 12.0 Å². The number of nitrogens with one attached hydrogen (secondary N) is 2. The van der Waals surface area contributed by atoms with Crippen molar-refractivity contribution in [2.24, 2.45) is 23.2 Å². The molecule has 48 heavy (non-hydrogen) atoms. The van der Waals surface area contributed by atoms with Crippen molar-refractivity contribution in [1.29, 1.82) is 0 Å². The zero-order valence-corrected chi connectivity index (χ0v) is 27.4. The Bertz CT molecular complexity index is 1610. The molecule has 0 saturated heterocycles. The zero-order chi connectivity index (χ0) is 33.7. The van der Waals surface area contributed by atoms with E-state index >= 15 is 0 Å². The maximum atomic E-state index is 14.0. The van der Waals surface area contributed by atoms with Crippen LogP contribution in [0.2, 0.25) is 0 Å². The lowest BCUT2D eigenvalue weighted by atomic mass is 9.49. The first-order valence-corrected chi connectivity index (χ1v) is 16.9. The number of aliphatic carboxylic acids is 1. The minimum absolute atomic E-state index is 0.163. The third-order valence-corrected chi connectivity index (χ3v) is 10.3. The van der Waals surface area contributed by atoms with Crippen LogP contribution in [0.1, 0.15) is 50.5 Å². The van der Waals surface area contributed by atoms with E-state index in [1.54, 1.807) is 47.2 Å². The molecule has 4 bridgehead atoms. The van der Waals surface area contributed by atoms with Crippen molar-refractivity contribution in [2.75, 3.05) is 41.9 Å². The Morgan fingerprint density at radius 3 is 2.21 bits per heavy atom. The Morgan fingerprint density at radius 1 is 0.854 bits per heavy atom. The molecule has 0 aliphatic heterocycles. The van der Waals surface area contributed by atoms with Crippen LogP contribution in [0.5, 0.6) is 5.75 Å². The number of urea groups is 1. The number of amides is 4. The maximum Gasteiger partial charge on any atom is 0.319 e. The summed E-state index contributed by atoms with van der Waals surface area (Å²) >= 11 is 0. The number of carboxylic acid groups (broad SMARTS) is 1. The summed E-state index contributed by atoms with van der Waals surface area (Å²) in [5, 5.41) is 14.5. The fourth-order valence-electron chi connectivity index (χ4n) is 8.52. The third kappa shape index (κ3) is 7.98. The van der Waals surface area contributed by atoms with Gasteiger partial charge >= 0.3 is 12.0 Å². The molecule has 7 rings (SSSR count). The zero-order valence-electron chi connectivity index (χ0n) is 27.4. The topological polar surface area (TPSA) is 128 Å². The number of para-hydroxylation sites is 3. The summed E-state index contributed by atoms with van der Waals surface area (Å²) in [4.78, 5) is 54.2. The van der Waals surface area contributed by atoms with Gasteiger partial charge in [-0.3, -0.25) is 14.4 Å². The summed E-state index contributed by atoms with van der Waals surface area (Å²) in [6.45, 7) is 0.0102. The van der Waals surface area contributed by atoms with Gasteiger partial charge in [0.15, 0.2) is 6.61 Å². The summed E-state index contributed by atoms with van der Waals surface area (Å²) in [6, 6.07) is 22.6. The number of anilines is 3. The molecule has 4 saturated carbocycles. The summed E-state index contributed by atoms with van der Waals surface area (Å²) < 4.78 is 6.08. The third-order valence-electron chi connectivity index (χ3n) is 10.3. The molecule has 0 heterocycles. The second kappa shape index (κ2) is 14.5. The minimum atomic E-state index is -0.965. The number of hydrogen-bond donors (Lipinski definition) is 3.